The van der Waals surface area contributed by atoms with Crippen molar-refractivity contribution < 1.29 is 24.4 Å². The third-order valence-corrected chi connectivity index (χ3v) is 10.5. The molecule has 12 heteroatoms. The molecule has 54 heavy (non-hydrogen) atoms. The molecule has 1 fully saturated rings. The normalized spacial score (nSPS) is 15.6. The van der Waals surface area contributed by atoms with Gasteiger partial charge in [-0.3, -0.25) is 24.6 Å². The maximum Gasteiger partial charge on any atom is 0.270 e. The number of non-ortho nitro benzene ring substituents is 1. The van der Waals surface area contributed by atoms with Crippen molar-refractivity contribution in [1.29, 1.82) is 0 Å². The number of carbonyl (C=O) groups excluding carboxylic acids is 2. The molecule has 2 amide bonds. The summed E-state index contributed by atoms with van der Waals surface area (Å²) in [6.07, 6.45) is 0.674. The van der Waals surface area contributed by atoms with Crippen LogP contribution in [0.3, 0.4) is 0 Å². The molecule has 1 N–H and O–H groups in total. The molecule has 4 aromatic carbocycles. The predicted octanol–water partition coefficient (Wildman–Crippen LogP) is 6.91. The Kier molecular flexibility index (Phi) is 10.3. The zero-order chi connectivity index (χ0) is 37.9. The van der Waals surface area contributed by atoms with Crippen molar-refractivity contribution in [2.45, 2.75) is 32.5 Å². The Morgan fingerprint density at radius 2 is 1.67 bits per heavy atom. The zero-order valence-corrected chi connectivity index (χ0v) is 30.1. The molecule has 7 rings (SSSR count). The Morgan fingerprint density at radius 3 is 2.39 bits per heavy atom. The highest BCUT2D eigenvalue weighted by Crippen LogP contribution is 2.36. The molecule has 0 unspecified atom stereocenters. The first-order valence-corrected chi connectivity index (χ1v) is 17.8. The van der Waals surface area contributed by atoms with E-state index >= 15 is 0 Å². The summed E-state index contributed by atoms with van der Waals surface area (Å²) in [5.74, 6) is -0.588. The summed E-state index contributed by atoms with van der Waals surface area (Å²) in [6, 6.07) is 27.3. The van der Waals surface area contributed by atoms with E-state index in [0.29, 0.717) is 77.7 Å². The van der Waals surface area contributed by atoms with Crippen molar-refractivity contribution in [2.75, 3.05) is 37.7 Å². The van der Waals surface area contributed by atoms with Crippen molar-refractivity contribution in [3.05, 3.63) is 152 Å². The lowest BCUT2D eigenvalue weighted by Crippen LogP contribution is -2.52. The molecular weight excluding hydrogens is 684 g/mol. The summed E-state index contributed by atoms with van der Waals surface area (Å²) in [7, 11) is 1.77. The molecule has 2 aliphatic rings. The number of phenolic OH excluding ortho intramolecular Hbond substituents is 1. The third kappa shape index (κ3) is 7.19. The Morgan fingerprint density at radius 1 is 0.963 bits per heavy atom. The summed E-state index contributed by atoms with van der Waals surface area (Å²) in [6.45, 7) is 13.4. The summed E-state index contributed by atoms with van der Waals surface area (Å²) < 4.78 is 7.36. The van der Waals surface area contributed by atoms with Crippen LogP contribution in [0, 0.1) is 23.6 Å². The second-order valence-electron chi connectivity index (χ2n) is 13.7. The monoisotopic (exact) mass is 724 g/mol. The molecule has 3 heterocycles. The predicted molar refractivity (Wildman–Crippen MR) is 205 cm³/mol. The molecule has 274 valence electrons. The number of aromatic hydroxyl groups is 1. The van der Waals surface area contributed by atoms with E-state index in [9.17, 15) is 24.8 Å². The number of fused-ring (bicyclic) bond motifs is 1. The van der Waals surface area contributed by atoms with E-state index in [0.717, 1.165) is 18.7 Å². The largest absolute Gasteiger partial charge is 0.508 e. The minimum atomic E-state index is -0.487. The maximum atomic E-state index is 14.8. The van der Waals surface area contributed by atoms with Crippen LogP contribution in [0.15, 0.2) is 97.1 Å². The lowest BCUT2D eigenvalue weighted by Gasteiger charge is -2.40. The smallest absolute Gasteiger partial charge is 0.270 e. The fourth-order valence-electron chi connectivity index (χ4n) is 7.43. The third-order valence-electron chi connectivity index (χ3n) is 10.5. The number of anilines is 1. The highest BCUT2D eigenvalue weighted by Gasteiger charge is 2.34. The molecule has 0 radical (unpaired) electrons. The van der Waals surface area contributed by atoms with Gasteiger partial charge in [-0.1, -0.05) is 48.5 Å². The number of para-hydroxylation sites is 1. The topological polar surface area (TPSA) is 126 Å². The number of benzene rings is 4. The number of hydrogen-bond acceptors (Lipinski definition) is 7. The van der Waals surface area contributed by atoms with Crippen LogP contribution in [0.25, 0.3) is 16.1 Å². The quantitative estimate of drug-likeness (QED) is 0.0995. The van der Waals surface area contributed by atoms with E-state index in [1.54, 1.807) is 54.9 Å². The highest BCUT2D eigenvalue weighted by atomic mass is 16.6. The van der Waals surface area contributed by atoms with Crippen molar-refractivity contribution >= 4 is 28.9 Å². The van der Waals surface area contributed by atoms with E-state index in [2.05, 4.69) is 15.8 Å². The fourth-order valence-corrected chi connectivity index (χ4v) is 7.43. The molecule has 2 aliphatic heterocycles. The SMILES string of the molecule is [C-]#[N+]c1ccccc1CN(C(=O)c1cc(-c2cc([N+](=O)[O-])ccc2C(=O)N2Cc3ccccc3C[C@H]2CN2CCOCC2)n(C)c1C)c1ccc(O)cc1. The average Bonchev–Trinajstić information content (AvgIpc) is 3.49. The van der Waals surface area contributed by atoms with Gasteiger partial charge >= 0.3 is 0 Å². The molecule has 0 spiro atoms. The molecule has 0 bridgehead atoms. The molecular formula is C42H40N6O6. The number of rotatable bonds is 9. The number of nitrogens with zero attached hydrogens (tertiary/aromatic N) is 6. The van der Waals surface area contributed by atoms with Gasteiger partial charge in [0.05, 0.1) is 30.3 Å². The Labute approximate surface area is 313 Å². The van der Waals surface area contributed by atoms with Crippen molar-refractivity contribution in [3.8, 4) is 17.0 Å². The summed E-state index contributed by atoms with van der Waals surface area (Å²) >= 11 is 0. The maximum absolute atomic E-state index is 14.8. The number of hydrogen-bond donors (Lipinski definition) is 1. The first-order chi connectivity index (χ1) is 26.1. The molecule has 5 aromatic rings. The average molecular weight is 725 g/mol. The van der Waals surface area contributed by atoms with Gasteiger partial charge < -0.3 is 24.2 Å². The van der Waals surface area contributed by atoms with Crippen LogP contribution in [0.5, 0.6) is 5.75 Å². The zero-order valence-electron chi connectivity index (χ0n) is 30.1. The van der Waals surface area contributed by atoms with Gasteiger partial charge in [0.25, 0.3) is 17.5 Å². The van der Waals surface area contributed by atoms with Gasteiger partial charge in [0.2, 0.25) is 0 Å². The first kappa shape index (κ1) is 36.1. The van der Waals surface area contributed by atoms with Gasteiger partial charge in [-0.15, -0.1) is 0 Å². The number of nitro groups is 1. The molecule has 12 nitrogen and oxygen atoms in total. The number of nitro benzene ring substituents is 1. The van der Waals surface area contributed by atoms with Crippen LogP contribution in [-0.4, -0.2) is 75.1 Å². The summed E-state index contributed by atoms with van der Waals surface area (Å²) in [5.41, 5.74) is 5.65. The fraction of sp³-hybridized carbons (Fsp3) is 0.262. The molecule has 0 aliphatic carbocycles. The Balaban J connectivity index is 1.30. The van der Waals surface area contributed by atoms with Crippen LogP contribution in [0.2, 0.25) is 0 Å². The van der Waals surface area contributed by atoms with Crippen molar-refractivity contribution in [3.63, 3.8) is 0 Å². The number of ether oxygens (including phenoxy) is 1. The van der Waals surface area contributed by atoms with E-state index < -0.39 is 4.92 Å². The first-order valence-electron chi connectivity index (χ1n) is 17.8. The lowest BCUT2D eigenvalue weighted by atomic mass is 9.92. The molecule has 1 atom stereocenters. The minimum absolute atomic E-state index is 0.0399. The molecule has 0 saturated carbocycles. The second kappa shape index (κ2) is 15.4. The van der Waals surface area contributed by atoms with Crippen LogP contribution >= 0.6 is 0 Å². The van der Waals surface area contributed by atoms with Gasteiger partial charge in [-0.2, -0.15) is 0 Å². The standard InChI is InChI=1S/C42H40N6O6/c1-28-37(42(51)46(32-12-15-35(49)16-13-32)26-31-10-6-7-11-39(31)43-2)24-40(44(28)3)38-23-33(48(52)53)14-17-36(38)41(50)47-25-30-9-5-4-8-29(30)22-34(47)27-45-18-20-54-21-19-45/h4-17,23-24,34,49H,18-22,25-27H2,1,3H3/t34-/m0/s1. The van der Waals surface area contributed by atoms with Crippen LogP contribution < -0.4 is 4.90 Å². The van der Waals surface area contributed by atoms with Gasteiger partial charge in [-0.25, -0.2) is 4.85 Å². The number of carbonyl (C=O) groups is 2. The summed E-state index contributed by atoms with van der Waals surface area (Å²) in [4.78, 5) is 50.5. The van der Waals surface area contributed by atoms with E-state index in [-0.39, 0.29) is 35.8 Å². The van der Waals surface area contributed by atoms with Crippen LogP contribution in [0.4, 0.5) is 17.1 Å². The minimum Gasteiger partial charge on any atom is -0.508 e. The summed E-state index contributed by atoms with van der Waals surface area (Å²) in [5, 5.41) is 22.1. The highest BCUT2D eigenvalue weighted by molar-refractivity contribution is 6.08. The number of aromatic nitrogens is 1. The Bertz CT molecular complexity index is 2270. The Hall–Kier alpha value is -6.29. The number of amides is 2. The van der Waals surface area contributed by atoms with Gasteiger partial charge in [0.15, 0.2) is 5.69 Å². The van der Waals surface area contributed by atoms with E-state index in [4.69, 9.17) is 11.3 Å². The number of morpholine rings is 1. The molecule has 1 aromatic heterocycles. The van der Waals surface area contributed by atoms with Crippen molar-refractivity contribution in [2.24, 2.45) is 7.05 Å². The van der Waals surface area contributed by atoms with Gasteiger partial charge in [0.1, 0.15) is 5.75 Å². The van der Waals surface area contributed by atoms with Gasteiger partial charge in [0, 0.05) is 86.1 Å². The van der Waals surface area contributed by atoms with Gasteiger partial charge in [-0.05, 0) is 66.4 Å². The van der Waals surface area contributed by atoms with E-state index in [1.807, 2.05) is 29.2 Å². The van der Waals surface area contributed by atoms with Crippen LogP contribution in [-0.2, 0) is 31.3 Å². The van der Waals surface area contributed by atoms with Crippen LogP contribution in [0.1, 0.15) is 43.1 Å². The molecule has 1 saturated heterocycles. The second-order valence-corrected chi connectivity index (χ2v) is 13.7. The van der Waals surface area contributed by atoms with Crippen molar-refractivity contribution in [1.82, 2.24) is 14.4 Å². The lowest BCUT2D eigenvalue weighted by molar-refractivity contribution is -0.384. The number of phenols is 1. The van der Waals surface area contributed by atoms with E-state index in [1.165, 1.54) is 40.8 Å².